The molecule has 2 nitrogen and oxygen atoms in total. The summed E-state index contributed by atoms with van der Waals surface area (Å²) in [5.74, 6) is -1.32. The molecule has 0 amide bonds. The van der Waals surface area contributed by atoms with Crippen LogP contribution in [-0.4, -0.2) is 11.1 Å². The molecule has 2 rings (SSSR count). The van der Waals surface area contributed by atoms with Crippen LogP contribution >= 0.6 is 11.8 Å². The molecule has 4 heteroatoms. The number of carboxylic acids is 1. The topological polar surface area (TPSA) is 37.3 Å². The summed E-state index contributed by atoms with van der Waals surface area (Å²) in [6.45, 7) is 4.09. The number of carboxylic acid groups (broad SMARTS) is 1. The van der Waals surface area contributed by atoms with Gasteiger partial charge >= 0.3 is 5.97 Å². The van der Waals surface area contributed by atoms with E-state index in [1.165, 1.54) is 23.3 Å². The number of carbonyl (C=O) groups is 1. The lowest BCUT2D eigenvalue weighted by Gasteiger charge is -2.07. The lowest BCUT2D eigenvalue weighted by atomic mass is 10.1. The maximum Gasteiger partial charge on any atom is 0.338 e. The van der Waals surface area contributed by atoms with Gasteiger partial charge in [-0.15, -0.1) is 11.8 Å². The average molecular weight is 290 g/mol. The Balaban J connectivity index is 2.15. The monoisotopic (exact) mass is 290 g/mol. The third kappa shape index (κ3) is 3.39. The smallest absolute Gasteiger partial charge is 0.338 e. The van der Waals surface area contributed by atoms with Crippen molar-refractivity contribution in [1.29, 1.82) is 0 Å². The molecule has 0 atom stereocenters. The summed E-state index contributed by atoms with van der Waals surface area (Å²) in [5.41, 5.74) is 2.93. The molecule has 20 heavy (non-hydrogen) atoms. The summed E-state index contributed by atoms with van der Waals surface area (Å²) < 4.78 is 13.3. The first-order valence-electron chi connectivity index (χ1n) is 6.19. The number of rotatable bonds is 4. The van der Waals surface area contributed by atoms with Crippen LogP contribution < -0.4 is 0 Å². The fourth-order valence-electron chi connectivity index (χ4n) is 1.95. The number of benzene rings is 2. The summed E-state index contributed by atoms with van der Waals surface area (Å²) >= 11 is 1.62. The van der Waals surface area contributed by atoms with Gasteiger partial charge in [-0.2, -0.15) is 0 Å². The van der Waals surface area contributed by atoms with Gasteiger partial charge in [0.15, 0.2) is 0 Å². The molecule has 0 spiro atoms. The van der Waals surface area contributed by atoms with Gasteiger partial charge in [0, 0.05) is 10.6 Å². The molecule has 104 valence electrons. The molecule has 0 aromatic heterocycles. The third-order valence-electron chi connectivity index (χ3n) is 2.99. The second kappa shape index (κ2) is 6.09. The van der Waals surface area contributed by atoms with Crippen LogP contribution in [0.15, 0.2) is 41.3 Å². The lowest BCUT2D eigenvalue weighted by molar-refractivity contribution is 0.0692. The molecular formula is C16H15FO2S. The van der Waals surface area contributed by atoms with E-state index in [4.69, 9.17) is 5.11 Å². The average Bonchev–Trinajstić information content (AvgIpc) is 2.39. The predicted octanol–water partition coefficient (Wildman–Crippen LogP) is 4.43. The number of hydrogen-bond donors (Lipinski definition) is 1. The normalized spacial score (nSPS) is 10.6. The van der Waals surface area contributed by atoms with Gasteiger partial charge in [-0.05, 0) is 43.2 Å². The standard InChI is InChI=1S/C16H15FO2S/c1-10-3-6-15(11(2)7-10)20-9-12-4-5-14(17)13(8-12)16(18)19/h3-8H,9H2,1-2H3,(H,18,19). The van der Waals surface area contributed by atoms with Gasteiger partial charge in [-0.1, -0.05) is 23.8 Å². The van der Waals surface area contributed by atoms with Crippen LogP contribution in [0.4, 0.5) is 4.39 Å². The predicted molar refractivity (Wildman–Crippen MR) is 78.8 cm³/mol. The van der Waals surface area contributed by atoms with Gasteiger partial charge in [-0.3, -0.25) is 0 Å². The van der Waals surface area contributed by atoms with Crippen molar-refractivity contribution in [2.75, 3.05) is 0 Å². The minimum Gasteiger partial charge on any atom is -0.478 e. The molecule has 0 aliphatic heterocycles. The molecule has 2 aromatic carbocycles. The molecule has 1 N–H and O–H groups in total. The first kappa shape index (κ1) is 14.6. The zero-order chi connectivity index (χ0) is 14.7. The molecule has 0 heterocycles. The van der Waals surface area contributed by atoms with Gasteiger partial charge in [0.25, 0.3) is 0 Å². The molecule has 0 radical (unpaired) electrons. The maximum atomic E-state index is 13.3. The van der Waals surface area contributed by atoms with Crippen molar-refractivity contribution in [2.24, 2.45) is 0 Å². The Hall–Kier alpha value is -1.81. The van der Waals surface area contributed by atoms with Crippen molar-refractivity contribution < 1.29 is 14.3 Å². The Morgan fingerprint density at radius 1 is 1.20 bits per heavy atom. The van der Waals surface area contributed by atoms with E-state index >= 15 is 0 Å². The van der Waals surface area contributed by atoms with Gasteiger partial charge in [0.2, 0.25) is 0 Å². The maximum absolute atomic E-state index is 13.3. The minimum atomic E-state index is -1.24. The number of halogens is 1. The van der Waals surface area contributed by atoms with Crippen LogP contribution in [0.2, 0.25) is 0 Å². The molecule has 2 aromatic rings. The quantitative estimate of drug-likeness (QED) is 0.846. The van der Waals surface area contributed by atoms with Gasteiger partial charge in [0.05, 0.1) is 5.56 Å². The molecule has 0 fully saturated rings. The Morgan fingerprint density at radius 2 is 1.95 bits per heavy atom. The van der Waals surface area contributed by atoms with Crippen molar-refractivity contribution in [2.45, 2.75) is 24.5 Å². The minimum absolute atomic E-state index is 0.274. The molecule has 0 aliphatic carbocycles. The van der Waals surface area contributed by atoms with Crippen LogP contribution in [0, 0.1) is 19.7 Å². The lowest BCUT2D eigenvalue weighted by Crippen LogP contribution is -2.01. The highest BCUT2D eigenvalue weighted by atomic mass is 32.2. The van der Waals surface area contributed by atoms with Crippen LogP contribution in [-0.2, 0) is 5.75 Å². The fourth-order valence-corrected chi connectivity index (χ4v) is 2.90. The molecule has 0 bridgehead atoms. The van der Waals surface area contributed by atoms with E-state index in [1.807, 2.05) is 19.9 Å². The van der Waals surface area contributed by atoms with Crippen molar-refractivity contribution in [1.82, 2.24) is 0 Å². The Labute approximate surface area is 121 Å². The van der Waals surface area contributed by atoms with Crippen molar-refractivity contribution >= 4 is 17.7 Å². The summed E-state index contributed by atoms with van der Waals surface area (Å²) in [4.78, 5) is 12.0. The highest BCUT2D eigenvalue weighted by Crippen LogP contribution is 2.27. The van der Waals surface area contributed by atoms with Gasteiger partial charge in [-0.25, -0.2) is 9.18 Å². The summed E-state index contributed by atoms with van der Waals surface area (Å²) in [6, 6.07) is 10.4. The Bertz CT molecular complexity index is 653. The third-order valence-corrected chi connectivity index (χ3v) is 4.23. The van der Waals surface area contributed by atoms with E-state index in [1.54, 1.807) is 17.8 Å². The van der Waals surface area contributed by atoms with Crippen LogP contribution in [0.5, 0.6) is 0 Å². The Morgan fingerprint density at radius 3 is 2.60 bits per heavy atom. The molecular weight excluding hydrogens is 275 g/mol. The fraction of sp³-hybridized carbons (Fsp3) is 0.188. The van der Waals surface area contributed by atoms with E-state index in [0.29, 0.717) is 5.75 Å². The molecule has 0 unspecified atom stereocenters. The van der Waals surface area contributed by atoms with Crippen molar-refractivity contribution in [3.05, 3.63) is 64.5 Å². The largest absolute Gasteiger partial charge is 0.478 e. The molecule has 0 saturated carbocycles. The first-order chi connectivity index (χ1) is 9.47. The summed E-state index contributed by atoms with van der Waals surface area (Å²) in [5, 5.41) is 8.90. The van der Waals surface area contributed by atoms with E-state index in [2.05, 4.69) is 12.1 Å². The van der Waals surface area contributed by atoms with E-state index in [0.717, 1.165) is 10.5 Å². The SMILES string of the molecule is Cc1ccc(SCc2ccc(F)c(C(=O)O)c2)c(C)c1. The summed E-state index contributed by atoms with van der Waals surface area (Å²) in [7, 11) is 0. The first-order valence-corrected chi connectivity index (χ1v) is 7.17. The number of thioether (sulfide) groups is 1. The van der Waals surface area contributed by atoms with Crippen LogP contribution in [0.25, 0.3) is 0 Å². The zero-order valence-electron chi connectivity index (χ0n) is 11.3. The number of aryl methyl sites for hydroxylation is 2. The summed E-state index contributed by atoms with van der Waals surface area (Å²) in [6.07, 6.45) is 0. The second-order valence-corrected chi connectivity index (χ2v) is 5.69. The highest BCUT2D eigenvalue weighted by molar-refractivity contribution is 7.98. The number of hydrogen-bond acceptors (Lipinski definition) is 2. The van der Waals surface area contributed by atoms with Gasteiger partial charge < -0.3 is 5.11 Å². The molecule has 0 aliphatic rings. The van der Waals surface area contributed by atoms with Crippen molar-refractivity contribution in [3.8, 4) is 0 Å². The van der Waals surface area contributed by atoms with E-state index < -0.39 is 11.8 Å². The van der Waals surface area contributed by atoms with Crippen LogP contribution in [0.1, 0.15) is 27.0 Å². The Kier molecular flexibility index (Phi) is 4.45. The molecule has 0 saturated heterocycles. The van der Waals surface area contributed by atoms with Crippen molar-refractivity contribution in [3.63, 3.8) is 0 Å². The van der Waals surface area contributed by atoms with E-state index in [9.17, 15) is 9.18 Å². The number of aromatic carboxylic acids is 1. The zero-order valence-corrected chi connectivity index (χ0v) is 12.1. The van der Waals surface area contributed by atoms with Gasteiger partial charge in [0.1, 0.15) is 5.82 Å². The highest BCUT2D eigenvalue weighted by Gasteiger charge is 2.11. The van der Waals surface area contributed by atoms with E-state index in [-0.39, 0.29) is 5.56 Å². The van der Waals surface area contributed by atoms with Crippen LogP contribution in [0.3, 0.4) is 0 Å². The second-order valence-electron chi connectivity index (χ2n) is 4.68.